The first kappa shape index (κ1) is 12.3. The average molecular weight is 294 g/mol. The van der Waals surface area contributed by atoms with Gasteiger partial charge in [-0.25, -0.2) is 18.2 Å². The van der Waals surface area contributed by atoms with Crippen molar-refractivity contribution in [1.29, 1.82) is 0 Å². The monoisotopic (exact) mass is 293 g/mol. The summed E-state index contributed by atoms with van der Waals surface area (Å²) in [6, 6.07) is 0.384. The van der Waals surface area contributed by atoms with Crippen LogP contribution in [0.4, 0.5) is 26.3 Å². The highest BCUT2D eigenvalue weighted by molar-refractivity contribution is 9.10. The molecule has 0 unspecified atom stereocenters. The van der Waals surface area contributed by atoms with Crippen molar-refractivity contribution in [2.75, 3.05) is 0 Å². The molecule has 0 N–H and O–H groups in total. The van der Waals surface area contributed by atoms with Crippen molar-refractivity contribution in [2.45, 2.75) is 12.6 Å². The fraction of sp³-hybridized carbons (Fsp3) is 0.286. The molecule has 15 heavy (non-hydrogen) atoms. The summed E-state index contributed by atoms with van der Waals surface area (Å²) in [6.07, 6.45) is -8.68. The lowest BCUT2D eigenvalue weighted by Crippen LogP contribution is -2.14. The first-order chi connectivity index (χ1) is 6.73. The Kier molecular flexibility index (Phi) is 3.27. The summed E-state index contributed by atoms with van der Waals surface area (Å²) in [5.41, 5.74) is -3.64. The zero-order chi connectivity index (χ0) is 11.8. The maximum Gasteiger partial charge on any atom is 0.421 e. The highest BCUT2D eigenvalue weighted by Gasteiger charge is 2.40. The highest BCUT2D eigenvalue weighted by Crippen LogP contribution is 2.37. The number of aromatic nitrogens is 1. The molecule has 1 heterocycles. The molecule has 84 valence electrons. The molecule has 0 radical (unpaired) electrons. The van der Waals surface area contributed by atoms with Gasteiger partial charge in [0, 0.05) is 6.07 Å². The van der Waals surface area contributed by atoms with E-state index in [-0.39, 0.29) is 0 Å². The molecule has 0 amide bonds. The van der Waals surface area contributed by atoms with E-state index in [9.17, 15) is 26.3 Å². The van der Waals surface area contributed by atoms with Gasteiger partial charge in [0.05, 0.1) is 0 Å². The Bertz CT molecular complexity index is 374. The molecule has 8 heteroatoms. The maximum absolute atomic E-state index is 12.8. The Labute approximate surface area is 88.2 Å². The summed E-state index contributed by atoms with van der Waals surface area (Å²) in [6.45, 7) is 0. The van der Waals surface area contributed by atoms with E-state index in [1.54, 1.807) is 0 Å². The van der Waals surface area contributed by atoms with Crippen LogP contribution in [0, 0.1) is 5.82 Å². The Morgan fingerprint density at radius 1 is 1.27 bits per heavy atom. The number of rotatable bonds is 1. The molecule has 1 aromatic rings. The van der Waals surface area contributed by atoms with Gasteiger partial charge in [0.2, 0.25) is 0 Å². The van der Waals surface area contributed by atoms with Crippen LogP contribution in [0.2, 0.25) is 0 Å². The van der Waals surface area contributed by atoms with Gasteiger partial charge in [-0.15, -0.1) is 0 Å². The quantitative estimate of drug-likeness (QED) is 0.564. The molecule has 1 aromatic heterocycles. The fourth-order valence-electron chi connectivity index (χ4n) is 0.941. The maximum atomic E-state index is 12.8. The van der Waals surface area contributed by atoms with Crippen LogP contribution >= 0.6 is 15.9 Å². The summed E-state index contributed by atoms with van der Waals surface area (Å²) in [4.78, 5) is 2.91. The summed E-state index contributed by atoms with van der Waals surface area (Å²) in [5, 5.41) is 0. The molecule has 0 aliphatic carbocycles. The second kappa shape index (κ2) is 3.99. The molecule has 0 atom stereocenters. The van der Waals surface area contributed by atoms with Crippen LogP contribution in [0.25, 0.3) is 0 Å². The lowest BCUT2D eigenvalue weighted by atomic mass is 10.2. The van der Waals surface area contributed by atoms with Gasteiger partial charge in [-0.3, -0.25) is 0 Å². The average Bonchev–Trinajstić information content (AvgIpc) is 1.99. The van der Waals surface area contributed by atoms with Crippen molar-refractivity contribution in [2.24, 2.45) is 0 Å². The number of hydrogen-bond acceptors (Lipinski definition) is 1. The molecule has 0 saturated heterocycles. The van der Waals surface area contributed by atoms with Crippen LogP contribution < -0.4 is 0 Å². The first-order valence-corrected chi connectivity index (χ1v) is 4.24. The van der Waals surface area contributed by atoms with Crippen LogP contribution in [0.1, 0.15) is 17.7 Å². The summed E-state index contributed by atoms with van der Waals surface area (Å²) < 4.78 is 73.3. The number of alkyl halides is 5. The number of nitrogens with zero attached hydrogens (tertiary/aromatic N) is 1. The van der Waals surface area contributed by atoms with Gasteiger partial charge in [-0.05, 0) is 15.9 Å². The zero-order valence-corrected chi connectivity index (χ0v) is 8.33. The van der Waals surface area contributed by atoms with Crippen LogP contribution in [0.3, 0.4) is 0 Å². The Morgan fingerprint density at radius 2 is 1.80 bits per heavy atom. The third-order valence-corrected chi connectivity index (χ3v) is 1.86. The van der Waals surface area contributed by atoms with Crippen LogP contribution in [-0.4, -0.2) is 4.98 Å². The lowest BCUT2D eigenvalue weighted by Gasteiger charge is -2.12. The van der Waals surface area contributed by atoms with Gasteiger partial charge in [0.15, 0.2) is 0 Å². The van der Waals surface area contributed by atoms with E-state index in [2.05, 4.69) is 20.9 Å². The van der Waals surface area contributed by atoms with Gasteiger partial charge < -0.3 is 0 Å². The van der Waals surface area contributed by atoms with E-state index in [0.29, 0.717) is 6.07 Å². The van der Waals surface area contributed by atoms with Crippen molar-refractivity contribution < 1.29 is 26.3 Å². The molecule has 0 aliphatic heterocycles. The Hall–Kier alpha value is -0.790. The molecular formula is C7H2BrF6N. The fourth-order valence-corrected chi connectivity index (χ4v) is 1.33. The number of pyridine rings is 1. The molecule has 1 nitrogen and oxygen atoms in total. The van der Waals surface area contributed by atoms with E-state index in [1.807, 2.05) is 0 Å². The summed E-state index contributed by atoms with van der Waals surface area (Å²) >= 11 is 2.53. The van der Waals surface area contributed by atoms with Crippen LogP contribution in [-0.2, 0) is 6.18 Å². The van der Waals surface area contributed by atoms with Crippen molar-refractivity contribution >= 4 is 15.9 Å². The molecule has 0 aromatic carbocycles. The first-order valence-electron chi connectivity index (χ1n) is 3.44. The van der Waals surface area contributed by atoms with E-state index in [4.69, 9.17) is 0 Å². The van der Waals surface area contributed by atoms with Gasteiger partial charge >= 0.3 is 6.18 Å². The van der Waals surface area contributed by atoms with E-state index in [1.165, 1.54) is 0 Å². The molecule has 1 rings (SSSR count). The predicted octanol–water partition coefficient (Wildman–Crippen LogP) is 3.94. The Morgan fingerprint density at radius 3 is 2.20 bits per heavy atom. The van der Waals surface area contributed by atoms with Crippen molar-refractivity contribution in [3.8, 4) is 0 Å². The minimum Gasteiger partial charge on any atom is -0.239 e. The lowest BCUT2D eigenvalue weighted by molar-refractivity contribution is -0.142. The third kappa shape index (κ3) is 2.61. The summed E-state index contributed by atoms with van der Waals surface area (Å²) in [5.74, 6) is -1.78. The molecule has 0 spiro atoms. The number of hydrogen-bond donors (Lipinski definition) is 0. The smallest absolute Gasteiger partial charge is 0.239 e. The van der Waals surface area contributed by atoms with Crippen LogP contribution in [0.15, 0.2) is 10.7 Å². The highest BCUT2D eigenvalue weighted by atomic mass is 79.9. The molecule has 0 saturated carbocycles. The normalized spacial score (nSPS) is 12.3. The minimum absolute atomic E-state index is 0.384. The largest absolute Gasteiger partial charge is 0.421 e. The second-order valence-corrected chi connectivity index (χ2v) is 3.30. The van der Waals surface area contributed by atoms with Crippen molar-refractivity contribution in [1.82, 2.24) is 4.98 Å². The molecule has 0 fully saturated rings. The number of halogens is 7. The van der Waals surface area contributed by atoms with Gasteiger partial charge in [0.1, 0.15) is 21.7 Å². The molecule has 0 aliphatic rings. The van der Waals surface area contributed by atoms with E-state index >= 15 is 0 Å². The predicted molar refractivity (Wildman–Crippen MR) is 41.9 cm³/mol. The Balaban J connectivity index is 3.48. The summed E-state index contributed by atoms with van der Waals surface area (Å²) in [7, 11) is 0. The molecule has 0 bridgehead atoms. The third-order valence-electron chi connectivity index (χ3n) is 1.46. The zero-order valence-electron chi connectivity index (χ0n) is 6.75. The van der Waals surface area contributed by atoms with E-state index < -0.39 is 34.3 Å². The SMILES string of the molecule is Fc1cc(Br)nc(C(F)F)c1C(F)(F)F. The van der Waals surface area contributed by atoms with Gasteiger partial charge in [0.25, 0.3) is 6.43 Å². The van der Waals surface area contributed by atoms with Gasteiger partial charge in [-0.2, -0.15) is 13.2 Å². The second-order valence-electron chi connectivity index (χ2n) is 2.49. The standard InChI is InChI=1S/C7H2BrF6N/c8-3-1-2(9)4(7(12,13)14)5(15-3)6(10)11/h1,6H. The van der Waals surface area contributed by atoms with E-state index in [0.717, 1.165) is 0 Å². The van der Waals surface area contributed by atoms with Crippen molar-refractivity contribution in [3.63, 3.8) is 0 Å². The topological polar surface area (TPSA) is 12.9 Å². The minimum atomic E-state index is -5.19. The van der Waals surface area contributed by atoms with Crippen molar-refractivity contribution in [3.05, 3.63) is 27.7 Å². The van der Waals surface area contributed by atoms with Gasteiger partial charge in [-0.1, -0.05) is 0 Å². The molecular weight excluding hydrogens is 292 g/mol. The van der Waals surface area contributed by atoms with Crippen LogP contribution in [0.5, 0.6) is 0 Å².